The maximum atomic E-state index is 13.4. The lowest BCUT2D eigenvalue weighted by atomic mass is 9.94. The summed E-state index contributed by atoms with van der Waals surface area (Å²) in [5.74, 6) is -0.716. The zero-order chi connectivity index (χ0) is 20.2. The molecule has 0 radical (unpaired) electrons. The maximum absolute atomic E-state index is 13.4. The molecule has 4 rings (SSSR count). The van der Waals surface area contributed by atoms with E-state index < -0.39 is 5.82 Å². The van der Waals surface area contributed by atoms with Crippen LogP contribution in [0.1, 0.15) is 36.0 Å². The molecule has 0 saturated heterocycles. The highest BCUT2D eigenvalue weighted by Gasteiger charge is 2.18. The molecule has 7 heteroatoms. The molecule has 1 amide bonds. The highest BCUT2D eigenvalue weighted by molar-refractivity contribution is 6.05. The molecule has 29 heavy (non-hydrogen) atoms. The molecule has 3 aromatic rings. The molecular formula is C22H20FN5O. The minimum atomic E-state index is -0.433. The van der Waals surface area contributed by atoms with Gasteiger partial charge in [-0.1, -0.05) is 18.6 Å². The average molecular weight is 389 g/mol. The van der Waals surface area contributed by atoms with Crippen LogP contribution in [0.15, 0.2) is 60.1 Å². The second-order valence-electron chi connectivity index (χ2n) is 7.02. The molecule has 146 valence electrons. The molecule has 6 nitrogen and oxygen atoms in total. The van der Waals surface area contributed by atoms with Crippen LogP contribution in [0.25, 0.3) is 22.5 Å². The van der Waals surface area contributed by atoms with E-state index in [1.54, 1.807) is 36.7 Å². The molecule has 1 aliphatic rings. The number of halogens is 1. The topological polar surface area (TPSA) is 94.1 Å². The van der Waals surface area contributed by atoms with Crippen LogP contribution in [0.2, 0.25) is 0 Å². The van der Waals surface area contributed by atoms with Gasteiger partial charge in [-0.3, -0.25) is 14.8 Å². The summed E-state index contributed by atoms with van der Waals surface area (Å²) in [6.07, 6.45) is 9.61. The van der Waals surface area contributed by atoms with Crippen molar-refractivity contribution in [3.05, 3.63) is 66.5 Å². The van der Waals surface area contributed by atoms with Crippen molar-refractivity contribution < 1.29 is 9.18 Å². The predicted molar refractivity (Wildman–Crippen MR) is 109 cm³/mol. The number of rotatable bonds is 3. The second-order valence-corrected chi connectivity index (χ2v) is 7.02. The van der Waals surface area contributed by atoms with Gasteiger partial charge in [-0.05, 0) is 37.5 Å². The highest BCUT2D eigenvalue weighted by atomic mass is 19.1. The summed E-state index contributed by atoms with van der Waals surface area (Å²) in [5, 5.41) is 0. The Kier molecular flexibility index (Phi) is 5.48. The van der Waals surface area contributed by atoms with E-state index in [0.29, 0.717) is 22.5 Å². The summed E-state index contributed by atoms with van der Waals surface area (Å²) >= 11 is 0. The van der Waals surface area contributed by atoms with E-state index in [9.17, 15) is 9.18 Å². The lowest BCUT2D eigenvalue weighted by Crippen LogP contribution is -2.34. The van der Waals surface area contributed by atoms with Crippen molar-refractivity contribution in [3.8, 4) is 22.5 Å². The number of carbonyl (C=O) groups excluding carboxylic acids is 1. The minimum Gasteiger partial charge on any atom is -0.323 e. The molecule has 2 heterocycles. The number of carbonyl (C=O) groups is 1. The Morgan fingerprint density at radius 2 is 1.72 bits per heavy atom. The van der Waals surface area contributed by atoms with Gasteiger partial charge in [-0.2, -0.15) is 0 Å². The fourth-order valence-electron chi connectivity index (χ4n) is 3.34. The lowest BCUT2D eigenvalue weighted by molar-refractivity contribution is 0.100. The molecule has 0 unspecified atom stereocenters. The molecule has 1 atom stereocenters. The summed E-state index contributed by atoms with van der Waals surface area (Å²) in [5.41, 5.74) is 9.81. The van der Waals surface area contributed by atoms with Crippen LogP contribution >= 0.6 is 0 Å². The van der Waals surface area contributed by atoms with Gasteiger partial charge < -0.3 is 5.73 Å². The minimum absolute atomic E-state index is 0.123. The molecule has 2 N–H and O–H groups in total. The third kappa shape index (κ3) is 4.41. The van der Waals surface area contributed by atoms with Crippen LogP contribution in [0.4, 0.5) is 4.39 Å². The van der Waals surface area contributed by atoms with Crippen LogP contribution in [0.3, 0.4) is 0 Å². The Hall–Kier alpha value is -3.32. The molecule has 1 aromatic carbocycles. The van der Waals surface area contributed by atoms with Crippen LogP contribution in [0.5, 0.6) is 0 Å². The van der Waals surface area contributed by atoms with Crippen molar-refractivity contribution in [2.75, 3.05) is 0 Å². The van der Waals surface area contributed by atoms with Crippen LogP contribution < -0.4 is 5.73 Å². The maximum Gasteiger partial charge on any atom is 0.276 e. The monoisotopic (exact) mass is 389 g/mol. The predicted octanol–water partition coefficient (Wildman–Crippen LogP) is 3.83. The summed E-state index contributed by atoms with van der Waals surface area (Å²) < 4.78 is 13.4. The largest absolute Gasteiger partial charge is 0.323 e. The van der Waals surface area contributed by atoms with Gasteiger partial charge in [0.2, 0.25) is 0 Å². The van der Waals surface area contributed by atoms with Crippen molar-refractivity contribution in [1.82, 2.24) is 15.0 Å². The fourth-order valence-corrected chi connectivity index (χ4v) is 3.34. The number of benzene rings is 1. The van der Waals surface area contributed by atoms with E-state index in [4.69, 9.17) is 5.73 Å². The zero-order valence-electron chi connectivity index (χ0n) is 15.8. The van der Waals surface area contributed by atoms with Crippen molar-refractivity contribution in [2.45, 2.75) is 31.7 Å². The molecular weight excluding hydrogens is 369 g/mol. The SMILES string of the molecule is N[C@@H]1CCCCC1=NC(=O)c1ccc(-c2cncc(-c3cncc(F)c3)n2)cc1. The standard InChI is InChI=1S/C22H20FN5O/c23-17-9-16(10-25-11-17)21-13-26-12-20(27-21)14-5-7-15(8-6-14)22(29)28-19-4-2-1-3-18(19)24/h5-13,18H,1-4,24H2/t18-/m1/s1. The molecule has 0 spiro atoms. The third-order valence-corrected chi connectivity index (χ3v) is 4.93. The first-order valence-electron chi connectivity index (χ1n) is 9.51. The number of amides is 1. The van der Waals surface area contributed by atoms with Crippen LogP contribution in [-0.2, 0) is 0 Å². The molecule has 1 saturated carbocycles. The Bertz CT molecular complexity index is 1060. The third-order valence-electron chi connectivity index (χ3n) is 4.93. The molecule has 2 aromatic heterocycles. The van der Waals surface area contributed by atoms with E-state index in [1.807, 2.05) is 0 Å². The number of nitrogens with zero attached hydrogens (tertiary/aromatic N) is 4. The van der Waals surface area contributed by atoms with E-state index >= 15 is 0 Å². The number of aliphatic imine (C=N–C) groups is 1. The van der Waals surface area contributed by atoms with Gasteiger partial charge in [0.05, 0.1) is 30.0 Å². The Morgan fingerprint density at radius 1 is 1.00 bits per heavy atom. The summed E-state index contributed by atoms with van der Waals surface area (Å²) in [6, 6.07) is 8.26. The molecule has 1 aliphatic carbocycles. The average Bonchev–Trinajstić information content (AvgIpc) is 2.75. The lowest BCUT2D eigenvalue weighted by Gasteiger charge is -2.19. The van der Waals surface area contributed by atoms with Crippen molar-refractivity contribution in [1.29, 1.82) is 0 Å². The van der Waals surface area contributed by atoms with Gasteiger partial charge in [0.25, 0.3) is 5.91 Å². The highest BCUT2D eigenvalue weighted by Crippen LogP contribution is 2.22. The van der Waals surface area contributed by atoms with Crippen molar-refractivity contribution in [3.63, 3.8) is 0 Å². The normalized spacial score (nSPS) is 18.0. The zero-order valence-corrected chi connectivity index (χ0v) is 15.8. The van der Waals surface area contributed by atoms with Gasteiger partial charge in [-0.25, -0.2) is 14.4 Å². The number of hydrogen-bond acceptors (Lipinski definition) is 5. The van der Waals surface area contributed by atoms with Crippen molar-refractivity contribution in [2.24, 2.45) is 10.7 Å². The Balaban J connectivity index is 1.56. The van der Waals surface area contributed by atoms with E-state index in [1.165, 1.54) is 12.3 Å². The van der Waals surface area contributed by atoms with Crippen molar-refractivity contribution >= 4 is 11.6 Å². The van der Waals surface area contributed by atoms with Gasteiger partial charge in [-0.15, -0.1) is 0 Å². The Labute approximate surface area is 167 Å². The van der Waals surface area contributed by atoms with Gasteiger partial charge in [0.1, 0.15) is 5.82 Å². The van der Waals surface area contributed by atoms with Crippen LogP contribution in [0, 0.1) is 5.82 Å². The number of hydrogen-bond donors (Lipinski definition) is 1. The number of pyridine rings is 1. The summed E-state index contributed by atoms with van der Waals surface area (Å²) in [4.78, 5) is 29.3. The quantitative estimate of drug-likeness (QED) is 0.735. The summed E-state index contributed by atoms with van der Waals surface area (Å²) in [7, 11) is 0. The molecule has 0 aliphatic heterocycles. The first kappa shape index (κ1) is 19.0. The molecule has 0 bridgehead atoms. The van der Waals surface area contributed by atoms with E-state index in [0.717, 1.165) is 43.2 Å². The smallest absolute Gasteiger partial charge is 0.276 e. The van der Waals surface area contributed by atoms with Gasteiger partial charge in [0, 0.05) is 34.6 Å². The van der Waals surface area contributed by atoms with Gasteiger partial charge in [0.15, 0.2) is 0 Å². The number of nitrogens with two attached hydrogens (primary N) is 1. The number of aromatic nitrogens is 3. The molecule has 1 fully saturated rings. The second kappa shape index (κ2) is 8.36. The fraction of sp³-hybridized carbons (Fsp3) is 0.227. The van der Waals surface area contributed by atoms with E-state index in [2.05, 4.69) is 19.9 Å². The summed E-state index contributed by atoms with van der Waals surface area (Å²) in [6.45, 7) is 0. The van der Waals surface area contributed by atoms with Crippen LogP contribution in [-0.4, -0.2) is 32.6 Å². The van der Waals surface area contributed by atoms with E-state index in [-0.39, 0.29) is 11.9 Å². The first-order chi connectivity index (χ1) is 14.1. The van der Waals surface area contributed by atoms with Gasteiger partial charge >= 0.3 is 0 Å². The first-order valence-corrected chi connectivity index (χ1v) is 9.51. The Morgan fingerprint density at radius 3 is 2.45 bits per heavy atom.